The third kappa shape index (κ3) is 6.08. The van der Waals surface area contributed by atoms with Gasteiger partial charge < -0.3 is 13.9 Å². The fraction of sp³-hybridized carbons (Fsp3) is 0.0149. The molecule has 3 heteroatoms. The molecule has 0 saturated carbocycles. The zero-order valence-electron chi connectivity index (χ0n) is 38.2. The van der Waals surface area contributed by atoms with E-state index in [0.717, 1.165) is 55.8 Å². The molecular formula is C67H44N2O. The number of furan rings is 1. The van der Waals surface area contributed by atoms with Crippen LogP contribution in [0.15, 0.2) is 271 Å². The molecule has 0 N–H and O–H groups in total. The SMILES string of the molecule is c1ccc(-c2ccc(N(c3ccc(-c4ccc5c(c4)c4cc(C6(c7ccccc7)c7ccccc7-c7ccccc76)ccc4n5-c4ccccc4)cc3)c3cccc4c3oc3ccccc34)cc2)cc1. The van der Waals surface area contributed by atoms with Crippen molar-refractivity contribution in [1.82, 2.24) is 4.57 Å². The summed E-state index contributed by atoms with van der Waals surface area (Å²) in [5.74, 6) is 0. The summed E-state index contributed by atoms with van der Waals surface area (Å²) in [6, 6.07) is 97.2. The van der Waals surface area contributed by atoms with Gasteiger partial charge in [0.2, 0.25) is 0 Å². The Morgan fingerprint density at radius 1 is 0.343 bits per heavy atom. The van der Waals surface area contributed by atoms with E-state index in [4.69, 9.17) is 4.42 Å². The van der Waals surface area contributed by atoms with Gasteiger partial charge in [-0.1, -0.05) is 194 Å². The standard InChI is InChI=1S/C67H44N2O/c1-4-17-45(18-5-1)46-31-37-52(38-32-46)68(64-29-16-26-57-56-25-12-15-30-65(56)70-66(57)64)53-39-33-47(34-40-53)48-35-41-62-58(43-48)59-44-50(36-42-63(59)69(62)51-21-8-3-9-22-51)67(49-19-6-2-7-20-49)60-27-13-10-23-54(60)55-24-11-14-28-61(55)67/h1-44H. The van der Waals surface area contributed by atoms with Gasteiger partial charge in [0.1, 0.15) is 5.58 Å². The van der Waals surface area contributed by atoms with E-state index in [1.54, 1.807) is 0 Å². The highest BCUT2D eigenvalue weighted by Gasteiger charge is 2.46. The van der Waals surface area contributed by atoms with Crippen molar-refractivity contribution in [3.8, 4) is 39.1 Å². The Labute approximate surface area is 406 Å². The minimum atomic E-state index is -0.502. The summed E-state index contributed by atoms with van der Waals surface area (Å²) in [6.45, 7) is 0. The number of para-hydroxylation sites is 3. The molecule has 0 amide bonds. The van der Waals surface area contributed by atoms with Gasteiger partial charge >= 0.3 is 0 Å². The second-order valence-corrected chi connectivity index (χ2v) is 18.4. The summed E-state index contributed by atoms with van der Waals surface area (Å²) < 4.78 is 9.09. The maximum absolute atomic E-state index is 6.67. The number of nitrogens with zero attached hydrogens (tertiary/aromatic N) is 2. The molecule has 1 aliphatic carbocycles. The van der Waals surface area contributed by atoms with E-state index in [1.807, 2.05) is 6.07 Å². The number of hydrogen-bond donors (Lipinski definition) is 0. The van der Waals surface area contributed by atoms with E-state index < -0.39 is 5.41 Å². The van der Waals surface area contributed by atoms with E-state index in [-0.39, 0.29) is 0 Å². The Balaban J connectivity index is 0.934. The second-order valence-electron chi connectivity index (χ2n) is 18.4. The maximum Gasteiger partial charge on any atom is 0.159 e. The van der Waals surface area contributed by atoms with E-state index in [9.17, 15) is 0 Å². The maximum atomic E-state index is 6.67. The summed E-state index contributed by atoms with van der Waals surface area (Å²) in [6.07, 6.45) is 0. The number of fused-ring (bicyclic) bond motifs is 9. The van der Waals surface area contributed by atoms with Crippen LogP contribution in [0.25, 0.3) is 82.8 Å². The minimum Gasteiger partial charge on any atom is -0.454 e. The predicted octanol–water partition coefficient (Wildman–Crippen LogP) is 17.8. The van der Waals surface area contributed by atoms with Gasteiger partial charge in [0.25, 0.3) is 0 Å². The molecule has 0 unspecified atom stereocenters. The number of rotatable bonds is 8. The first-order valence-electron chi connectivity index (χ1n) is 24.1. The first kappa shape index (κ1) is 39.9. The van der Waals surface area contributed by atoms with Crippen LogP contribution >= 0.6 is 0 Å². The average molecular weight is 893 g/mol. The van der Waals surface area contributed by atoms with Gasteiger partial charge in [0.15, 0.2) is 5.58 Å². The Kier molecular flexibility index (Phi) is 9.11. The van der Waals surface area contributed by atoms with Gasteiger partial charge in [-0.05, 0) is 128 Å². The van der Waals surface area contributed by atoms with Gasteiger partial charge in [-0.2, -0.15) is 0 Å². The number of benzene rings is 11. The molecule has 3 nitrogen and oxygen atoms in total. The van der Waals surface area contributed by atoms with Crippen LogP contribution in [0.5, 0.6) is 0 Å². The van der Waals surface area contributed by atoms with Crippen molar-refractivity contribution in [2.24, 2.45) is 0 Å². The lowest BCUT2D eigenvalue weighted by Crippen LogP contribution is -2.28. The number of anilines is 3. The van der Waals surface area contributed by atoms with Crippen LogP contribution in [0, 0.1) is 0 Å². The molecule has 2 aromatic heterocycles. The Morgan fingerprint density at radius 3 is 1.54 bits per heavy atom. The fourth-order valence-electron chi connectivity index (χ4n) is 11.6. The molecule has 13 aromatic rings. The largest absolute Gasteiger partial charge is 0.454 e. The molecule has 14 rings (SSSR count). The van der Waals surface area contributed by atoms with Gasteiger partial charge in [0.05, 0.1) is 22.1 Å². The molecule has 0 aliphatic heterocycles. The monoisotopic (exact) mass is 892 g/mol. The lowest BCUT2D eigenvalue weighted by atomic mass is 9.67. The van der Waals surface area contributed by atoms with Crippen LogP contribution in [0.3, 0.4) is 0 Å². The molecule has 70 heavy (non-hydrogen) atoms. The smallest absolute Gasteiger partial charge is 0.159 e. The summed E-state index contributed by atoms with van der Waals surface area (Å²) in [7, 11) is 0. The Morgan fingerprint density at radius 2 is 0.857 bits per heavy atom. The first-order valence-corrected chi connectivity index (χ1v) is 24.1. The average Bonchev–Trinajstić information content (AvgIpc) is 4.09. The van der Waals surface area contributed by atoms with Crippen molar-refractivity contribution >= 4 is 60.8 Å². The van der Waals surface area contributed by atoms with Crippen LogP contribution in [0.1, 0.15) is 22.3 Å². The molecule has 0 radical (unpaired) electrons. The quantitative estimate of drug-likeness (QED) is 0.152. The zero-order chi connectivity index (χ0) is 46.2. The van der Waals surface area contributed by atoms with Crippen molar-refractivity contribution < 1.29 is 4.42 Å². The molecule has 0 saturated heterocycles. The lowest BCUT2D eigenvalue weighted by Gasteiger charge is -2.34. The highest BCUT2D eigenvalue weighted by atomic mass is 16.3. The second kappa shape index (κ2) is 16.0. The number of aromatic nitrogens is 1. The first-order chi connectivity index (χ1) is 34.7. The molecular weight excluding hydrogens is 849 g/mol. The fourth-order valence-corrected chi connectivity index (χ4v) is 11.6. The molecule has 0 fully saturated rings. The van der Waals surface area contributed by atoms with Crippen molar-refractivity contribution in [3.05, 3.63) is 289 Å². The van der Waals surface area contributed by atoms with Crippen molar-refractivity contribution in [2.75, 3.05) is 4.90 Å². The highest BCUT2D eigenvalue weighted by Crippen LogP contribution is 2.56. The summed E-state index contributed by atoms with van der Waals surface area (Å²) in [4.78, 5) is 2.32. The van der Waals surface area contributed by atoms with Gasteiger partial charge in [0, 0.05) is 38.6 Å². The van der Waals surface area contributed by atoms with E-state index in [1.165, 1.54) is 66.3 Å². The normalized spacial score (nSPS) is 12.7. The van der Waals surface area contributed by atoms with E-state index >= 15 is 0 Å². The third-order valence-electron chi connectivity index (χ3n) is 14.7. The molecule has 0 bridgehead atoms. The highest BCUT2D eigenvalue weighted by molar-refractivity contribution is 6.12. The summed E-state index contributed by atoms with van der Waals surface area (Å²) in [5, 5.41) is 4.63. The Bertz CT molecular complexity index is 4050. The van der Waals surface area contributed by atoms with Gasteiger partial charge in [-0.15, -0.1) is 0 Å². The topological polar surface area (TPSA) is 21.3 Å². The number of hydrogen-bond acceptors (Lipinski definition) is 2. The Hall–Kier alpha value is -9.18. The van der Waals surface area contributed by atoms with Crippen molar-refractivity contribution in [1.29, 1.82) is 0 Å². The van der Waals surface area contributed by atoms with Crippen LogP contribution in [-0.2, 0) is 5.41 Å². The molecule has 0 atom stereocenters. The van der Waals surface area contributed by atoms with Crippen LogP contribution in [-0.4, -0.2) is 4.57 Å². The third-order valence-corrected chi connectivity index (χ3v) is 14.7. The van der Waals surface area contributed by atoms with Crippen molar-refractivity contribution in [3.63, 3.8) is 0 Å². The van der Waals surface area contributed by atoms with Gasteiger partial charge in [-0.3, -0.25) is 0 Å². The summed E-state index contributed by atoms with van der Waals surface area (Å²) >= 11 is 0. The molecule has 328 valence electrons. The van der Waals surface area contributed by atoms with Gasteiger partial charge in [-0.25, -0.2) is 0 Å². The minimum absolute atomic E-state index is 0.502. The zero-order valence-corrected chi connectivity index (χ0v) is 38.2. The molecule has 0 spiro atoms. The van der Waals surface area contributed by atoms with Crippen LogP contribution in [0.2, 0.25) is 0 Å². The summed E-state index contributed by atoms with van der Waals surface area (Å²) in [5.41, 5.74) is 20.2. The van der Waals surface area contributed by atoms with E-state index in [2.05, 4.69) is 270 Å². The predicted molar refractivity (Wildman–Crippen MR) is 291 cm³/mol. The van der Waals surface area contributed by atoms with Crippen LogP contribution in [0.4, 0.5) is 17.1 Å². The molecule has 11 aromatic carbocycles. The van der Waals surface area contributed by atoms with Crippen LogP contribution < -0.4 is 4.90 Å². The lowest BCUT2D eigenvalue weighted by molar-refractivity contribution is 0.669. The molecule has 2 heterocycles. The van der Waals surface area contributed by atoms with Crippen molar-refractivity contribution in [2.45, 2.75) is 5.41 Å². The van der Waals surface area contributed by atoms with E-state index in [0.29, 0.717) is 0 Å². The molecule has 1 aliphatic rings.